The summed E-state index contributed by atoms with van der Waals surface area (Å²) in [6.07, 6.45) is 16.1. The molecule has 0 saturated carbocycles. The number of hydrogen-bond donors (Lipinski definition) is 1. The standard InChI is InChI=1S/C38H54N2O4/c1-7-9-10-11-12-13-14-15-16-17-27-44-40-34(30-20-23-32-33(28-30)38(5,6)25-24-37(32,3)4)35(41)39-31-21-18-29(19-22-31)36(42)43-26-8-2/h8,18-23,28H,2,7,9-17,24-27H2,1,3-6H3,(H,39,41)/b40-34-. The first kappa shape index (κ1) is 35.1. The Morgan fingerprint density at radius 3 is 2.00 bits per heavy atom. The molecule has 0 aromatic heterocycles. The van der Waals surface area contributed by atoms with Gasteiger partial charge in [0, 0.05) is 11.3 Å². The molecule has 0 aliphatic heterocycles. The van der Waals surface area contributed by atoms with Gasteiger partial charge in [0.1, 0.15) is 13.2 Å². The molecule has 0 heterocycles. The Morgan fingerprint density at radius 2 is 1.39 bits per heavy atom. The van der Waals surface area contributed by atoms with Crippen molar-refractivity contribution in [2.24, 2.45) is 5.16 Å². The lowest BCUT2D eigenvalue weighted by molar-refractivity contribution is -0.110. The lowest BCUT2D eigenvalue weighted by Crippen LogP contribution is -2.34. The molecule has 0 unspecified atom stereocenters. The Hall–Kier alpha value is -3.41. The molecule has 1 amide bonds. The fourth-order valence-electron chi connectivity index (χ4n) is 5.82. The van der Waals surface area contributed by atoms with Gasteiger partial charge in [-0.1, -0.05) is 116 Å². The van der Waals surface area contributed by atoms with Crippen LogP contribution in [0.15, 0.2) is 60.3 Å². The van der Waals surface area contributed by atoms with Crippen molar-refractivity contribution in [2.75, 3.05) is 18.5 Å². The Kier molecular flexibility index (Phi) is 13.7. The number of hydrogen-bond acceptors (Lipinski definition) is 5. The highest BCUT2D eigenvalue weighted by Crippen LogP contribution is 2.46. The van der Waals surface area contributed by atoms with E-state index >= 15 is 0 Å². The topological polar surface area (TPSA) is 77.0 Å². The van der Waals surface area contributed by atoms with E-state index in [2.05, 4.69) is 63.8 Å². The van der Waals surface area contributed by atoms with E-state index in [1.807, 2.05) is 6.07 Å². The third-order valence-electron chi connectivity index (χ3n) is 8.80. The van der Waals surface area contributed by atoms with Gasteiger partial charge < -0.3 is 14.9 Å². The van der Waals surface area contributed by atoms with Gasteiger partial charge in [-0.2, -0.15) is 0 Å². The maximum atomic E-state index is 13.6. The Labute approximate surface area is 265 Å². The van der Waals surface area contributed by atoms with Crippen LogP contribution in [0.1, 0.15) is 139 Å². The van der Waals surface area contributed by atoms with Crippen molar-refractivity contribution in [2.45, 2.75) is 122 Å². The highest BCUT2D eigenvalue weighted by atomic mass is 16.6. The number of esters is 1. The van der Waals surface area contributed by atoms with Gasteiger partial charge in [0.15, 0.2) is 5.71 Å². The summed E-state index contributed by atoms with van der Waals surface area (Å²) < 4.78 is 5.10. The number of oxime groups is 1. The molecule has 0 radical (unpaired) electrons. The molecule has 0 spiro atoms. The lowest BCUT2D eigenvalue weighted by Gasteiger charge is -2.42. The molecule has 6 nitrogen and oxygen atoms in total. The fraction of sp³-hybridized carbons (Fsp3) is 0.553. The summed E-state index contributed by atoms with van der Waals surface area (Å²) in [5, 5.41) is 7.34. The van der Waals surface area contributed by atoms with Crippen molar-refractivity contribution in [3.05, 3.63) is 77.4 Å². The molecule has 1 aliphatic rings. The van der Waals surface area contributed by atoms with Crippen molar-refractivity contribution >= 4 is 23.3 Å². The first-order valence-electron chi connectivity index (χ1n) is 16.6. The number of benzene rings is 2. The quantitative estimate of drug-likeness (QED) is 0.0606. The minimum absolute atomic E-state index is 0.00462. The maximum Gasteiger partial charge on any atom is 0.338 e. The van der Waals surface area contributed by atoms with Crippen molar-refractivity contribution in [1.82, 2.24) is 0 Å². The summed E-state index contributed by atoms with van der Waals surface area (Å²) in [6, 6.07) is 12.9. The van der Waals surface area contributed by atoms with Gasteiger partial charge in [-0.15, -0.1) is 0 Å². The second-order valence-electron chi connectivity index (χ2n) is 13.4. The number of ether oxygens (including phenoxy) is 1. The van der Waals surface area contributed by atoms with E-state index in [0.29, 0.717) is 17.9 Å². The van der Waals surface area contributed by atoms with E-state index in [1.54, 1.807) is 24.3 Å². The monoisotopic (exact) mass is 602 g/mol. The number of nitrogens with zero attached hydrogens (tertiary/aromatic N) is 1. The summed E-state index contributed by atoms with van der Waals surface area (Å²) in [4.78, 5) is 31.5. The molecule has 0 bridgehead atoms. The lowest BCUT2D eigenvalue weighted by atomic mass is 9.63. The van der Waals surface area contributed by atoms with Crippen LogP contribution in [0.4, 0.5) is 5.69 Å². The Morgan fingerprint density at radius 1 is 0.818 bits per heavy atom. The average Bonchev–Trinajstić information content (AvgIpc) is 3.01. The SMILES string of the molecule is C=CCOC(=O)c1ccc(NC(=O)/C(=N\OCCCCCCCCCCCC)c2ccc3c(c2)C(C)(C)CCC3(C)C)cc1. The molecule has 0 atom stereocenters. The largest absolute Gasteiger partial charge is 0.458 e. The molecule has 1 aliphatic carbocycles. The number of anilines is 1. The van der Waals surface area contributed by atoms with Gasteiger partial charge in [0.25, 0.3) is 5.91 Å². The molecular weight excluding hydrogens is 548 g/mol. The zero-order chi connectivity index (χ0) is 32.0. The van der Waals surface area contributed by atoms with Gasteiger partial charge in [0.2, 0.25) is 0 Å². The summed E-state index contributed by atoms with van der Waals surface area (Å²) in [7, 11) is 0. The van der Waals surface area contributed by atoms with Gasteiger partial charge in [-0.25, -0.2) is 4.79 Å². The van der Waals surface area contributed by atoms with E-state index in [4.69, 9.17) is 9.57 Å². The number of rotatable bonds is 18. The molecule has 2 aromatic carbocycles. The van der Waals surface area contributed by atoms with Gasteiger partial charge in [-0.05, 0) is 78.0 Å². The zero-order valence-electron chi connectivity index (χ0n) is 27.8. The van der Waals surface area contributed by atoms with Crippen LogP contribution in [0.3, 0.4) is 0 Å². The smallest absolute Gasteiger partial charge is 0.338 e. The second kappa shape index (κ2) is 17.2. The fourth-order valence-corrected chi connectivity index (χ4v) is 5.82. The zero-order valence-corrected chi connectivity index (χ0v) is 27.8. The van der Waals surface area contributed by atoms with Crippen LogP contribution < -0.4 is 5.32 Å². The number of unbranched alkanes of at least 4 members (excludes halogenated alkanes) is 9. The van der Waals surface area contributed by atoms with Gasteiger partial charge in [-0.3, -0.25) is 4.79 Å². The minimum atomic E-state index is -0.440. The van der Waals surface area contributed by atoms with Crippen LogP contribution in [0.2, 0.25) is 0 Å². The van der Waals surface area contributed by atoms with Crippen LogP contribution in [0.25, 0.3) is 0 Å². The number of carbonyl (C=O) groups excluding carboxylic acids is 2. The van der Waals surface area contributed by atoms with Crippen LogP contribution in [-0.4, -0.2) is 30.8 Å². The first-order chi connectivity index (χ1) is 21.1. The summed E-state index contributed by atoms with van der Waals surface area (Å²) in [6.45, 7) is 15.5. The van der Waals surface area contributed by atoms with Crippen molar-refractivity contribution < 1.29 is 19.2 Å². The molecule has 6 heteroatoms. The predicted molar refractivity (Wildman–Crippen MR) is 182 cm³/mol. The van der Waals surface area contributed by atoms with Crippen molar-refractivity contribution in [3.8, 4) is 0 Å². The van der Waals surface area contributed by atoms with Crippen LogP contribution in [0, 0.1) is 0 Å². The second-order valence-corrected chi connectivity index (χ2v) is 13.4. The van der Waals surface area contributed by atoms with E-state index < -0.39 is 5.97 Å². The maximum absolute atomic E-state index is 13.6. The predicted octanol–water partition coefficient (Wildman–Crippen LogP) is 9.66. The van der Waals surface area contributed by atoms with Crippen LogP contribution >= 0.6 is 0 Å². The van der Waals surface area contributed by atoms with Gasteiger partial charge in [0.05, 0.1) is 5.56 Å². The Balaban J connectivity index is 1.70. The first-order valence-corrected chi connectivity index (χ1v) is 16.6. The average molecular weight is 603 g/mol. The highest BCUT2D eigenvalue weighted by Gasteiger charge is 2.37. The molecule has 0 fully saturated rings. The number of nitrogens with one attached hydrogen (secondary N) is 1. The Bertz CT molecular complexity index is 1260. The number of fused-ring (bicyclic) bond motifs is 1. The molecule has 44 heavy (non-hydrogen) atoms. The number of amides is 1. The van der Waals surface area contributed by atoms with E-state index in [9.17, 15) is 9.59 Å². The molecule has 0 saturated heterocycles. The third kappa shape index (κ3) is 10.3. The molecular formula is C38H54N2O4. The minimum Gasteiger partial charge on any atom is -0.458 e. The summed E-state index contributed by atoms with van der Waals surface area (Å²) in [5.74, 6) is -0.798. The number of carbonyl (C=O) groups is 2. The van der Waals surface area contributed by atoms with Crippen LogP contribution in [-0.2, 0) is 25.2 Å². The highest BCUT2D eigenvalue weighted by molar-refractivity contribution is 6.48. The van der Waals surface area contributed by atoms with Crippen LogP contribution in [0.5, 0.6) is 0 Å². The molecule has 2 aromatic rings. The summed E-state index contributed by atoms with van der Waals surface area (Å²) >= 11 is 0. The van der Waals surface area contributed by atoms with E-state index in [-0.39, 0.29) is 29.1 Å². The molecule has 3 rings (SSSR count). The van der Waals surface area contributed by atoms with E-state index in [1.165, 1.54) is 68.6 Å². The summed E-state index contributed by atoms with van der Waals surface area (Å²) in [5.41, 5.74) is 4.58. The van der Waals surface area contributed by atoms with Crippen molar-refractivity contribution in [3.63, 3.8) is 0 Å². The van der Waals surface area contributed by atoms with E-state index in [0.717, 1.165) is 31.2 Å². The third-order valence-corrected chi connectivity index (χ3v) is 8.80. The van der Waals surface area contributed by atoms with Gasteiger partial charge >= 0.3 is 5.97 Å². The van der Waals surface area contributed by atoms with Crippen molar-refractivity contribution in [1.29, 1.82) is 0 Å². The molecule has 1 N–H and O–H groups in total. The molecule has 240 valence electrons. The normalized spacial score (nSPS) is 15.2.